The number of hydrogen-bond acceptors (Lipinski definition) is 10. The van der Waals surface area contributed by atoms with Crippen LogP contribution in [0.1, 0.15) is 19.4 Å². The number of methoxy groups -OCH3 is 1. The molecule has 176 valence electrons. The minimum Gasteiger partial charge on any atom is -0.383 e. The summed E-state index contributed by atoms with van der Waals surface area (Å²) in [5.74, 6) is 2.13. The molecule has 0 aromatic carbocycles. The summed E-state index contributed by atoms with van der Waals surface area (Å²) in [6.07, 6.45) is 3.47. The molecule has 4 rings (SSSR count). The highest BCUT2D eigenvalue weighted by Crippen LogP contribution is 2.31. The van der Waals surface area contributed by atoms with Gasteiger partial charge in [-0.15, -0.1) is 0 Å². The average molecular weight is 491 g/mol. The van der Waals surface area contributed by atoms with Gasteiger partial charge in [0.05, 0.1) is 30.8 Å². The van der Waals surface area contributed by atoms with Gasteiger partial charge in [-0.1, -0.05) is 30.4 Å². The summed E-state index contributed by atoms with van der Waals surface area (Å²) >= 11 is 3.06. The Hall–Kier alpha value is -2.64. The van der Waals surface area contributed by atoms with Crippen LogP contribution < -0.4 is 16.2 Å². The molecule has 0 saturated carbocycles. The van der Waals surface area contributed by atoms with Crippen molar-refractivity contribution >= 4 is 46.3 Å². The normalized spacial score (nSPS) is 15.0. The third kappa shape index (κ3) is 5.47. The molecule has 13 heteroatoms. The van der Waals surface area contributed by atoms with Crippen LogP contribution >= 0.6 is 23.5 Å². The molecule has 0 bridgehead atoms. The lowest BCUT2D eigenvalue weighted by Crippen LogP contribution is -2.32. The zero-order chi connectivity index (χ0) is 23.2. The fourth-order valence-electron chi connectivity index (χ4n) is 3.53. The molecule has 1 amide bonds. The Bertz CT molecular complexity index is 1180. The zero-order valence-corrected chi connectivity index (χ0v) is 20.1. The number of carbonyl (C=O) groups is 1. The minimum atomic E-state index is -0.182. The number of thioether (sulfide) groups is 2. The smallest absolute Gasteiger partial charge is 0.254 e. The van der Waals surface area contributed by atoms with Crippen molar-refractivity contribution in [3.05, 3.63) is 28.8 Å². The predicted molar refractivity (Wildman–Crippen MR) is 128 cm³/mol. The van der Waals surface area contributed by atoms with Crippen LogP contribution in [-0.4, -0.2) is 73.5 Å². The van der Waals surface area contributed by atoms with Crippen molar-refractivity contribution < 1.29 is 9.53 Å². The van der Waals surface area contributed by atoms with Crippen LogP contribution in [-0.2, 0) is 16.1 Å². The molecule has 3 aromatic heterocycles. The second-order valence-electron chi connectivity index (χ2n) is 7.27. The number of nitrogens with one attached hydrogen (secondary N) is 2. The van der Waals surface area contributed by atoms with Gasteiger partial charge >= 0.3 is 0 Å². The number of fused-ring (bicyclic) bond motifs is 2. The van der Waals surface area contributed by atoms with E-state index in [2.05, 4.69) is 37.6 Å². The number of nitrogens with zero attached hydrogens (tertiary/aromatic N) is 6. The molecular weight excluding hydrogens is 464 g/mol. The van der Waals surface area contributed by atoms with E-state index in [1.165, 1.54) is 24.0 Å². The molecule has 1 aliphatic rings. The molecule has 0 aliphatic carbocycles. The monoisotopic (exact) mass is 490 g/mol. The Balaban J connectivity index is 1.39. The van der Waals surface area contributed by atoms with Crippen LogP contribution in [0.15, 0.2) is 33.6 Å². The number of carbonyl (C=O) groups excluding carboxylic acids is 1. The standard InChI is InChI=1S/C20H26N8O3S2/c1-3-32-19-25-17(22-7-9-31-2)14-11-24-27(18(14)26-19)8-6-21-15(29)10-13-12-33-20-23-5-4-16(30)28(13)20/h4-5,11,13H,3,6-10,12H2,1-2H3,(H,21,29)(H,22,25,26). The SMILES string of the molecule is CCSc1nc(NCCOC)c2cnn(CCNC(=O)CC3CSc4nccc(=O)n43)c2n1. The van der Waals surface area contributed by atoms with Crippen LogP contribution in [0, 0.1) is 0 Å². The van der Waals surface area contributed by atoms with Gasteiger partial charge in [0, 0.05) is 44.6 Å². The van der Waals surface area contributed by atoms with Crippen LogP contribution in [0.2, 0.25) is 0 Å². The summed E-state index contributed by atoms with van der Waals surface area (Å²) in [5.41, 5.74) is 0.593. The Labute approximate surface area is 199 Å². The van der Waals surface area contributed by atoms with Gasteiger partial charge in [0.2, 0.25) is 5.91 Å². The van der Waals surface area contributed by atoms with Crippen LogP contribution in [0.5, 0.6) is 0 Å². The molecule has 3 aromatic rings. The highest BCUT2D eigenvalue weighted by Gasteiger charge is 2.26. The maximum Gasteiger partial charge on any atom is 0.254 e. The van der Waals surface area contributed by atoms with E-state index < -0.39 is 0 Å². The van der Waals surface area contributed by atoms with Crippen LogP contribution in [0.4, 0.5) is 5.82 Å². The van der Waals surface area contributed by atoms with Crippen molar-refractivity contribution in [3.8, 4) is 0 Å². The van der Waals surface area contributed by atoms with E-state index in [0.29, 0.717) is 48.0 Å². The van der Waals surface area contributed by atoms with Crippen molar-refractivity contribution in [2.45, 2.75) is 36.2 Å². The first-order valence-corrected chi connectivity index (χ1v) is 12.6. The molecule has 0 radical (unpaired) electrons. The van der Waals surface area contributed by atoms with Gasteiger partial charge in [-0.25, -0.2) is 19.6 Å². The number of hydrogen-bond donors (Lipinski definition) is 2. The van der Waals surface area contributed by atoms with Crippen molar-refractivity contribution in [3.63, 3.8) is 0 Å². The summed E-state index contributed by atoms with van der Waals surface area (Å²) < 4.78 is 8.49. The summed E-state index contributed by atoms with van der Waals surface area (Å²) in [5, 5.41) is 12.8. The van der Waals surface area contributed by atoms with E-state index in [0.717, 1.165) is 17.0 Å². The van der Waals surface area contributed by atoms with Crippen molar-refractivity contribution in [2.75, 3.05) is 43.6 Å². The van der Waals surface area contributed by atoms with Crippen molar-refractivity contribution in [2.24, 2.45) is 0 Å². The van der Waals surface area contributed by atoms with E-state index in [1.54, 1.807) is 34.3 Å². The van der Waals surface area contributed by atoms with E-state index in [4.69, 9.17) is 4.74 Å². The quantitative estimate of drug-likeness (QED) is 0.231. The highest BCUT2D eigenvalue weighted by molar-refractivity contribution is 7.99. The van der Waals surface area contributed by atoms with Crippen LogP contribution in [0.3, 0.4) is 0 Å². The summed E-state index contributed by atoms with van der Waals surface area (Å²) in [7, 11) is 1.65. The summed E-state index contributed by atoms with van der Waals surface area (Å²) in [4.78, 5) is 38.1. The topological polar surface area (TPSA) is 129 Å². The second kappa shape index (κ2) is 11.0. The van der Waals surface area contributed by atoms with E-state index in [9.17, 15) is 9.59 Å². The lowest BCUT2D eigenvalue weighted by molar-refractivity contribution is -0.121. The minimum absolute atomic E-state index is 0.112. The molecule has 0 fully saturated rings. The largest absolute Gasteiger partial charge is 0.383 e. The highest BCUT2D eigenvalue weighted by atomic mass is 32.2. The molecule has 2 N–H and O–H groups in total. The van der Waals surface area contributed by atoms with Gasteiger partial charge in [0.15, 0.2) is 16.0 Å². The fourth-order valence-corrected chi connectivity index (χ4v) is 5.21. The summed E-state index contributed by atoms with van der Waals surface area (Å²) in [6.45, 7) is 4.11. The van der Waals surface area contributed by atoms with Gasteiger partial charge in [0.1, 0.15) is 5.82 Å². The van der Waals surface area contributed by atoms with Crippen LogP contribution in [0.25, 0.3) is 11.0 Å². The third-order valence-electron chi connectivity index (χ3n) is 5.03. The first-order chi connectivity index (χ1) is 16.1. The first kappa shape index (κ1) is 23.5. The van der Waals surface area contributed by atoms with Gasteiger partial charge < -0.3 is 15.4 Å². The molecule has 11 nitrogen and oxygen atoms in total. The van der Waals surface area contributed by atoms with Crippen molar-refractivity contribution in [1.82, 2.24) is 34.6 Å². The maximum absolute atomic E-state index is 12.5. The Morgan fingerprint density at radius 1 is 1.36 bits per heavy atom. The molecular formula is C20H26N8O3S2. The fraction of sp³-hybridized carbons (Fsp3) is 0.500. The van der Waals surface area contributed by atoms with Gasteiger partial charge in [0.25, 0.3) is 5.56 Å². The predicted octanol–water partition coefficient (Wildman–Crippen LogP) is 1.41. The molecule has 0 saturated heterocycles. The van der Waals surface area contributed by atoms with E-state index in [1.807, 2.05) is 0 Å². The molecule has 0 spiro atoms. The lowest BCUT2D eigenvalue weighted by atomic mass is 10.2. The first-order valence-electron chi connectivity index (χ1n) is 10.7. The van der Waals surface area contributed by atoms with E-state index in [-0.39, 0.29) is 23.9 Å². The molecule has 4 heterocycles. The third-order valence-corrected chi connectivity index (χ3v) is 6.87. The number of amides is 1. The Morgan fingerprint density at radius 2 is 2.24 bits per heavy atom. The van der Waals surface area contributed by atoms with Gasteiger partial charge in [-0.3, -0.25) is 14.2 Å². The van der Waals surface area contributed by atoms with Gasteiger partial charge in [-0.05, 0) is 5.75 Å². The molecule has 1 atom stereocenters. The van der Waals surface area contributed by atoms with E-state index >= 15 is 0 Å². The molecule has 1 aliphatic heterocycles. The Morgan fingerprint density at radius 3 is 3.06 bits per heavy atom. The molecule has 1 unspecified atom stereocenters. The molecule has 33 heavy (non-hydrogen) atoms. The number of rotatable bonds is 11. The Kier molecular flexibility index (Phi) is 7.83. The average Bonchev–Trinajstić information content (AvgIpc) is 3.39. The number of aromatic nitrogens is 6. The van der Waals surface area contributed by atoms with Gasteiger partial charge in [-0.2, -0.15) is 5.10 Å². The van der Waals surface area contributed by atoms with Crippen molar-refractivity contribution in [1.29, 1.82) is 0 Å². The zero-order valence-electron chi connectivity index (χ0n) is 18.5. The maximum atomic E-state index is 12.5. The second-order valence-corrected chi connectivity index (χ2v) is 9.49. The lowest BCUT2D eigenvalue weighted by Gasteiger charge is -2.13. The summed E-state index contributed by atoms with van der Waals surface area (Å²) in [6, 6.07) is 1.24. The number of anilines is 1. The number of ether oxygens (including phenoxy) is 1.